The van der Waals surface area contributed by atoms with Crippen molar-refractivity contribution < 1.29 is 35.9 Å². The number of rotatable bonds is 10. The van der Waals surface area contributed by atoms with E-state index < -0.39 is 34.2 Å². The van der Waals surface area contributed by atoms with Crippen LogP contribution in [0.15, 0.2) is 47.4 Å². The molecule has 1 N–H and O–H groups in total. The molecule has 2 aromatic rings. The Morgan fingerprint density at radius 3 is 2.34 bits per heavy atom. The number of halogens is 3. The fourth-order valence-corrected chi connectivity index (χ4v) is 4.28. The maximum atomic E-state index is 13.4. The van der Waals surface area contributed by atoms with Crippen LogP contribution < -0.4 is 19.1 Å². The lowest BCUT2D eigenvalue weighted by Crippen LogP contribution is -2.41. The van der Waals surface area contributed by atoms with Gasteiger partial charge in [-0.1, -0.05) is 19.4 Å². The van der Waals surface area contributed by atoms with Crippen molar-refractivity contribution in [3.8, 4) is 11.5 Å². The number of benzene rings is 2. The van der Waals surface area contributed by atoms with E-state index in [1.165, 1.54) is 38.5 Å². The van der Waals surface area contributed by atoms with Gasteiger partial charge in [0.25, 0.3) is 10.0 Å². The van der Waals surface area contributed by atoms with Crippen LogP contribution in [0.3, 0.4) is 0 Å². The molecule has 0 unspecified atom stereocenters. The van der Waals surface area contributed by atoms with Crippen molar-refractivity contribution >= 4 is 21.6 Å². The van der Waals surface area contributed by atoms with Gasteiger partial charge in [-0.25, -0.2) is 8.42 Å². The van der Waals surface area contributed by atoms with Crippen LogP contribution in [0.2, 0.25) is 0 Å². The smallest absolute Gasteiger partial charge is 0.416 e. The highest BCUT2D eigenvalue weighted by Gasteiger charge is 2.33. The van der Waals surface area contributed by atoms with E-state index in [4.69, 9.17) is 9.47 Å². The molecule has 0 aliphatic carbocycles. The summed E-state index contributed by atoms with van der Waals surface area (Å²) < 4.78 is 77.3. The lowest BCUT2D eigenvalue weighted by molar-refractivity contribution is -0.137. The van der Waals surface area contributed by atoms with Crippen LogP contribution in [-0.4, -0.2) is 41.6 Å². The molecule has 32 heavy (non-hydrogen) atoms. The predicted octanol–water partition coefficient (Wildman–Crippen LogP) is 3.83. The Morgan fingerprint density at radius 1 is 1.06 bits per heavy atom. The quantitative estimate of drug-likeness (QED) is 0.529. The van der Waals surface area contributed by atoms with E-state index in [0.717, 1.165) is 18.6 Å². The normalized spacial score (nSPS) is 11.7. The van der Waals surface area contributed by atoms with Gasteiger partial charge >= 0.3 is 6.18 Å². The Hall–Kier alpha value is -2.95. The number of nitrogens with one attached hydrogen (secondary N) is 1. The summed E-state index contributed by atoms with van der Waals surface area (Å²) in [5, 5.41) is 2.58. The fraction of sp³-hybridized carbons (Fsp3) is 0.381. The van der Waals surface area contributed by atoms with Crippen LogP contribution in [0.4, 0.5) is 18.9 Å². The molecule has 0 spiro atoms. The molecule has 0 saturated heterocycles. The number of ether oxygens (including phenoxy) is 2. The van der Waals surface area contributed by atoms with Gasteiger partial charge in [0.1, 0.15) is 6.54 Å². The van der Waals surface area contributed by atoms with Crippen LogP contribution in [0.25, 0.3) is 0 Å². The van der Waals surface area contributed by atoms with Crippen molar-refractivity contribution in [3.05, 3.63) is 48.0 Å². The number of alkyl halides is 3. The topological polar surface area (TPSA) is 84.9 Å². The second-order valence-electron chi connectivity index (χ2n) is 6.78. The summed E-state index contributed by atoms with van der Waals surface area (Å²) in [7, 11) is -1.73. The van der Waals surface area contributed by atoms with E-state index in [0.29, 0.717) is 23.3 Å². The minimum atomic E-state index is -4.68. The molecule has 176 valence electrons. The zero-order chi connectivity index (χ0) is 23.9. The predicted molar refractivity (Wildman–Crippen MR) is 113 cm³/mol. The number of anilines is 1. The first-order valence-electron chi connectivity index (χ1n) is 9.73. The van der Waals surface area contributed by atoms with E-state index in [1.54, 1.807) is 0 Å². The van der Waals surface area contributed by atoms with Gasteiger partial charge in [0.2, 0.25) is 5.91 Å². The van der Waals surface area contributed by atoms with Crippen molar-refractivity contribution in [1.29, 1.82) is 0 Å². The number of unbranched alkanes of at least 4 members (excludes halogenated alkanes) is 1. The molecule has 0 bridgehead atoms. The molecular weight excluding hydrogens is 449 g/mol. The van der Waals surface area contributed by atoms with Crippen molar-refractivity contribution in [2.75, 3.05) is 31.6 Å². The molecule has 0 atom stereocenters. The average molecular weight is 475 g/mol. The Kier molecular flexibility index (Phi) is 8.37. The molecule has 2 aromatic carbocycles. The monoisotopic (exact) mass is 474 g/mol. The Morgan fingerprint density at radius 2 is 1.75 bits per heavy atom. The highest BCUT2D eigenvalue weighted by molar-refractivity contribution is 7.92. The third-order valence-corrected chi connectivity index (χ3v) is 6.31. The molecule has 0 aromatic heterocycles. The Bertz CT molecular complexity index is 1040. The Balaban J connectivity index is 2.54. The SMILES string of the molecule is CCCCNC(=O)CN(c1cccc(C(F)(F)F)c1)S(=O)(=O)c1ccc(OC)c(OC)c1. The van der Waals surface area contributed by atoms with Gasteiger partial charge in [0, 0.05) is 12.6 Å². The maximum Gasteiger partial charge on any atom is 0.416 e. The summed E-state index contributed by atoms with van der Waals surface area (Å²) in [6.45, 7) is 1.55. The van der Waals surface area contributed by atoms with Gasteiger partial charge in [0.15, 0.2) is 11.5 Å². The van der Waals surface area contributed by atoms with Crippen LogP contribution >= 0.6 is 0 Å². The van der Waals surface area contributed by atoms with E-state index in [2.05, 4.69) is 5.32 Å². The minimum Gasteiger partial charge on any atom is -0.493 e. The highest BCUT2D eigenvalue weighted by Crippen LogP contribution is 2.35. The van der Waals surface area contributed by atoms with E-state index in [1.807, 2.05) is 6.92 Å². The Labute approximate surface area is 185 Å². The number of carbonyl (C=O) groups is 1. The summed E-state index contributed by atoms with van der Waals surface area (Å²) in [5.41, 5.74) is -1.32. The van der Waals surface area contributed by atoms with Gasteiger partial charge in [-0.2, -0.15) is 13.2 Å². The van der Waals surface area contributed by atoms with Crippen LogP contribution in [-0.2, 0) is 21.0 Å². The number of sulfonamides is 1. The second-order valence-corrected chi connectivity index (χ2v) is 8.64. The molecule has 0 radical (unpaired) electrons. The summed E-state index contributed by atoms with van der Waals surface area (Å²) in [6.07, 6.45) is -3.20. The lowest BCUT2D eigenvalue weighted by atomic mass is 10.2. The van der Waals surface area contributed by atoms with Gasteiger partial charge in [-0.3, -0.25) is 9.10 Å². The standard InChI is InChI=1S/C21H25F3N2O5S/c1-4-5-11-25-20(27)14-26(16-8-6-7-15(12-16)21(22,23)24)32(28,29)17-9-10-18(30-2)19(13-17)31-3/h6-10,12-13H,4-5,11,14H2,1-3H3,(H,25,27). The van der Waals surface area contributed by atoms with Crippen molar-refractivity contribution in [3.63, 3.8) is 0 Å². The fourth-order valence-electron chi connectivity index (χ4n) is 2.85. The molecule has 7 nitrogen and oxygen atoms in total. The summed E-state index contributed by atoms with van der Waals surface area (Å²) in [6, 6.07) is 7.58. The van der Waals surface area contributed by atoms with E-state index in [9.17, 15) is 26.4 Å². The molecule has 0 aliphatic heterocycles. The van der Waals surface area contributed by atoms with Gasteiger partial charge in [-0.05, 0) is 36.8 Å². The second kappa shape index (κ2) is 10.6. The largest absolute Gasteiger partial charge is 0.493 e. The van der Waals surface area contributed by atoms with Crippen LogP contribution in [0.1, 0.15) is 25.3 Å². The van der Waals surface area contributed by atoms with Gasteiger partial charge < -0.3 is 14.8 Å². The zero-order valence-electron chi connectivity index (χ0n) is 17.9. The number of hydrogen-bond donors (Lipinski definition) is 1. The van der Waals surface area contributed by atoms with Crippen molar-refractivity contribution in [2.24, 2.45) is 0 Å². The van der Waals surface area contributed by atoms with Gasteiger partial charge in [0.05, 0.1) is 30.4 Å². The van der Waals surface area contributed by atoms with Crippen molar-refractivity contribution in [2.45, 2.75) is 30.8 Å². The number of hydrogen-bond acceptors (Lipinski definition) is 5. The molecule has 0 saturated carbocycles. The highest BCUT2D eigenvalue weighted by atomic mass is 32.2. The van der Waals surface area contributed by atoms with E-state index in [-0.39, 0.29) is 22.1 Å². The molecule has 1 amide bonds. The summed E-state index contributed by atoms with van der Waals surface area (Å²) >= 11 is 0. The summed E-state index contributed by atoms with van der Waals surface area (Å²) in [4.78, 5) is 12.1. The molecule has 2 rings (SSSR count). The first-order valence-corrected chi connectivity index (χ1v) is 11.2. The molecule has 0 aliphatic rings. The van der Waals surface area contributed by atoms with Crippen LogP contribution in [0.5, 0.6) is 11.5 Å². The first-order chi connectivity index (χ1) is 15.0. The number of methoxy groups -OCH3 is 2. The number of amides is 1. The van der Waals surface area contributed by atoms with Crippen molar-refractivity contribution in [1.82, 2.24) is 5.32 Å². The third kappa shape index (κ3) is 6.06. The number of nitrogens with zero attached hydrogens (tertiary/aromatic N) is 1. The maximum absolute atomic E-state index is 13.4. The summed E-state index contributed by atoms with van der Waals surface area (Å²) in [5.74, 6) is -0.251. The van der Waals surface area contributed by atoms with Crippen LogP contribution in [0, 0.1) is 0 Å². The lowest BCUT2D eigenvalue weighted by Gasteiger charge is -2.25. The molecule has 0 fully saturated rings. The third-order valence-electron chi connectivity index (χ3n) is 4.54. The first kappa shape index (κ1) is 25.3. The molecular formula is C21H25F3N2O5S. The zero-order valence-corrected chi connectivity index (χ0v) is 18.7. The molecule has 11 heteroatoms. The molecule has 0 heterocycles. The average Bonchev–Trinajstić information content (AvgIpc) is 2.76. The van der Waals surface area contributed by atoms with Gasteiger partial charge in [-0.15, -0.1) is 0 Å². The minimum absolute atomic E-state index is 0.116. The van der Waals surface area contributed by atoms with E-state index >= 15 is 0 Å². The number of carbonyl (C=O) groups excluding carboxylic acids is 1.